The number of aromatic nitrogens is 1. The number of nitrogens with zero attached hydrogens (tertiary/aromatic N) is 2. The summed E-state index contributed by atoms with van der Waals surface area (Å²) in [5, 5.41) is 3.41. The molecule has 20 heavy (non-hydrogen) atoms. The summed E-state index contributed by atoms with van der Waals surface area (Å²) in [6.45, 7) is 6.38. The molecule has 1 aromatic rings. The van der Waals surface area contributed by atoms with Crippen LogP contribution in [0.25, 0.3) is 0 Å². The van der Waals surface area contributed by atoms with E-state index in [2.05, 4.69) is 58.1 Å². The molecule has 0 radical (unpaired) electrons. The molecule has 4 heteroatoms. The third kappa shape index (κ3) is 3.73. The van der Waals surface area contributed by atoms with Gasteiger partial charge in [0.2, 0.25) is 0 Å². The van der Waals surface area contributed by atoms with Crippen LogP contribution in [0.3, 0.4) is 0 Å². The summed E-state index contributed by atoms with van der Waals surface area (Å²) in [4.78, 5) is 7.09. The van der Waals surface area contributed by atoms with Gasteiger partial charge in [0.1, 0.15) is 5.82 Å². The first-order valence-corrected chi connectivity index (χ1v) is 8.50. The molecule has 1 aliphatic carbocycles. The van der Waals surface area contributed by atoms with Gasteiger partial charge in [0, 0.05) is 35.9 Å². The van der Waals surface area contributed by atoms with E-state index in [4.69, 9.17) is 0 Å². The average molecular weight is 340 g/mol. The second-order valence-corrected chi connectivity index (χ2v) is 6.77. The third-order valence-electron chi connectivity index (χ3n) is 4.37. The maximum Gasteiger partial charge on any atom is 0.133 e. The van der Waals surface area contributed by atoms with Crippen molar-refractivity contribution >= 4 is 21.7 Å². The van der Waals surface area contributed by atoms with E-state index in [9.17, 15) is 0 Å². The second kappa shape index (κ2) is 7.41. The highest BCUT2D eigenvalue weighted by atomic mass is 79.9. The Hall–Kier alpha value is -0.610. The highest BCUT2D eigenvalue weighted by Gasteiger charge is 2.26. The van der Waals surface area contributed by atoms with E-state index in [0.717, 1.165) is 29.3 Å². The molecule has 0 aromatic carbocycles. The number of pyridine rings is 1. The van der Waals surface area contributed by atoms with E-state index < -0.39 is 0 Å². The van der Waals surface area contributed by atoms with Crippen LogP contribution in [0.2, 0.25) is 0 Å². The molecule has 0 saturated heterocycles. The van der Waals surface area contributed by atoms with Crippen molar-refractivity contribution in [2.24, 2.45) is 5.92 Å². The van der Waals surface area contributed by atoms with Crippen LogP contribution in [-0.4, -0.2) is 24.6 Å². The summed E-state index contributed by atoms with van der Waals surface area (Å²) in [6, 6.07) is 2.81. The normalized spacial score (nSPS) is 22.8. The molecule has 0 bridgehead atoms. The molecule has 0 amide bonds. The van der Waals surface area contributed by atoms with Gasteiger partial charge in [-0.25, -0.2) is 4.98 Å². The number of anilines is 1. The fourth-order valence-corrected chi connectivity index (χ4v) is 3.59. The molecule has 1 aliphatic rings. The predicted molar refractivity (Wildman–Crippen MR) is 89.1 cm³/mol. The quantitative estimate of drug-likeness (QED) is 0.879. The minimum atomic E-state index is 0.623. The topological polar surface area (TPSA) is 28.2 Å². The summed E-state index contributed by atoms with van der Waals surface area (Å²) in [7, 11) is 2.21. The molecule has 112 valence electrons. The molecule has 1 heterocycles. The molecule has 1 aromatic heterocycles. The maximum atomic E-state index is 4.68. The Morgan fingerprint density at radius 2 is 2.15 bits per heavy atom. The van der Waals surface area contributed by atoms with Crippen LogP contribution in [-0.2, 0) is 6.54 Å². The predicted octanol–water partition coefficient (Wildman–Crippen LogP) is 3.97. The van der Waals surface area contributed by atoms with Crippen molar-refractivity contribution in [1.29, 1.82) is 0 Å². The van der Waals surface area contributed by atoms with Gasteiger partial charge in [-0.2, -0.15) is 0 Å². The Kier molecular flexibility index (Phi) is 5.85. The summed E-state index contributed by atoms with van der Waals surface area (Å²) >= 11 is 3.54. The Morgan fingerprint density at radius 3 is 2.85 bits per heavy atom. The summed E-state index contributed by atoms with van der Waals surface area (Å²) < 4.78 is 1.05. The third-order valence-corrected chi connectivity index (χ3v) is 4.81. The molecular formula is C16H26BrN3. The first-order valence-electron chi connectivity index (χ1n) is 7.71. The zero-order chi connectivity index (χ0) is 14.5. The van der Waals surface area contributed by atoms with E-state index in [1.807, 2.05) is 6.20 Å². The van der Waals surface area contributed by atoms with Crippen LogP contribution in [0.15, 0.2) is 16.7 Å². The van der Waals surface area contributed by atoms with Crippen molar-refractivity contribution in [2.75, 3.05) is 18.5 Å². The van der Waals surface area contributed by atoms with Crippen LogP contribution in [0, 0.1) is 5.92 Å². The van der Waals surface area contributed by atoms with Gasteiger partial charge < -0.3 is 10.2 Å². The lowest BCUT2D eigenvalue weighted by Gasteiger charge is -2.37. The van der Waals surface area contributed by atoms with Crippen molar-refractivity contribution in [3.8, 4) is 0 Å². The molecule has 0 spiro atoms. The van der Waals surface area contributed by atoms with Gasteiger partial charge in [0.25, 0.3) is 0 Å². The van der Waals surface area contributed by atoms with Crippen molar-refractivity contribution in [1.82, 2.24) is 10.3 Å². The van der Waals surface area contributed by atoms with Crippen molar-refractivity contribution < 1.29 is 0 Å². The standard InChI is InChI=1S/C16H26BrN3/c1-4-18-10-13-9-14(17)11-19-16(13)20(3)15-8-6-5-7-12(15)2/h9,11-12,15,18H,4-8,10H2,1-3H3. The number of hydrogen-bond donors (Lipinski definition) is 1. The summed E-state index contributed by atoms with van der Waals surface area (Å²) in [5.41, 5.74) is 1.28. The Labute approximate surface area is 131 Å². The van der Waals surface area contributed by atoms with Crippen LogP contribution >= 0.6 is 15.9 Å². The van der Waals surface area contributed by atoms with Gasteiger partial charge in [-0.15, -0.1) is 0 Å². The molecular weight excluding hydrogens is 314 g/mol. The molecule has 2 rings (SSSR count). The SMILES string of the molecule is CCNCc1cc(Br)cnc1N(C)C1CCCCC1C. The Morgan fingerprint density at radius 1 is 1.40 bits per heavy atom. The zero-order valence-corrected chi connectivity index (χ0v) is 14.4. The van der Waals surface area contributed by atoms with Gasteiger partial charge in [-0.1, -0.05) is 26.7 Å². The summed E-state index contributed by atoms with van der Waals surface area (Å²) in [5.74, 6) is 1.89. The monoisotopic (exact) mass is 339 g/mol. The number of halogens is 1. The summed E-state index contributed by atoms with van der Waals surface area (Å²) in [6.07, 6.45) is 7.26. The molecule has 1 saturated carbocycles. The Bertz CT molecular complexity index is 436. The highest BCUT2D eigenvalue weighted by molar-refractivity contribution is 9.10. The molecule has 0 aliphatic heterocycles. The van der Waals surface area contributed by atoms with Crippen LogP contribution in [0.1, 0.15) is 45.1 Å². The lowest BCUT2D eigenvalue weighted by Crippen LogP contribution is -2.40. The van der Waals surface area contributed by atoms with Gasteiger partial charge in [0.05, 0.1) is 0 Å². The minimum Gasteiger partial charge on any atom is -0.356 e. The lowest BCUT2D eigenvalue weighted by molar-refractivity contribution is 0.320. The van der Waals surface area contributed by atoms with Gasteiger partial charge in [-0.05, 0) is 47.3 Å². The Balaban J connectivity index is 2.21. The molecule has 3 nitrogen and oxygen atoms in total. The first kappa shape index (κ1) is 15.8. The van der Waals surface area contributed by atoms with Crippen molar-refractivity contribution in [3.05, 3.63) is 22.3 Å². The van der Waals surface area contributed by atoms with E-state index >= 15 is 0 Å². The van der Waals surface area contributed by atoms with Crippen molar-refractivity contribution in [2.45, 2.75) is 52.1 Å². The number of nitrogens with one attached hydrogen (secondary N) is 1. The van der Waals surface area contributed by atoms with E-state index in [1.54, 1.807) is 0 Å². The molecule has 2 unspecified atom stereocenters. The smallest absolute Gasteiger partial charge is 0.133 e. The fraction of sp³-hybridized carbons (Fsp3) is 0.688. The first-order chi connectivity index (χ1) is 9.63. The second-order valence-electron chi connectivity index (χ2n) is 5.86. The van der Waals surface area contributed by atoms with Gasteiger partial charge in [0.15, 0.2) is 0 Å². The fourth-order valence-electron chi connectivity index (χ4n) is 3.21. The van der Waals surface area contributed by atoms with E-state index in [1.165, 1.54) is 31.2 Å². The molecule has 1 N–H and O–H groups in total. The van der Waals surface area contributed by atoms with Crippen LogP contribution in [0.4, 0.5) is 5.82 Å². The lowest BCUT2D eigenvalue weighted by atomic mass is 9.85. The molecule has 2 atom stereocenters. The van der Waals surface area contributed by atoms with Crippen molar-refractivity contribution in [3.63, 3.8) is 0 Å². The van der Waals surface area contributed by atoms with Gasteiger partial charge >= 0.3 is 0 Å². The molecule has 1 fully saturated rings. The van der Waals surface area contributed by atoms with E-state index in [-0.39, 0.29) is 0 Å². The zero-order valence-electron chi connectivity index (χ0n) is 12.8. The van der Waals surface area contributed by atoms with Crippen LogP contribution in [0.5, 0.6) is 0 Å². The minimum absolute atomic E-state index is 0.623. The van der Waals surface area contributed by atoms with Gasteiger partial charge in [-0.3, -0.25) is 0 Å². The average Bonchev–Trinajstić information content (AvgIpc) is 2.45. The largest absolute Gasteiger partial charge is 0.356 e. The highest BCUT2D eigenvalue weighted by Crippen LogP contribution is 2.31. The number of rotatable bonds is 5. The number of hydrogen-bond acceptors (Lipinski definition) is 3. The maximum absolute atomic E-state index is 4.68. The van der Waals surface area contributed by atoms with E-state index in [0.29, 0.717) is 6.04 Å². The van der Waals surface area contributed by atoms with Crippen LogP contribution < -0.4 is 10.2 Å².